The summed E-state index contributed by atoms with van der Waals surface area (Å²) in [6.45, 7) is 1.87. The molecule has 0 bridgehead atoms. The second kappa shape index (κ2) is 3.56. The lowest BCUT2D eigenvalue weighted by Crippen LogP contribution is -2.12. The number of hydrogen-bond acceptors (Lipinski definition) is 1. The van der Waals surface area contributed by atoms with E-state index in [1.807, 2.05) is 6.92 Å². The molecule has 1 aromatic carbocycles. The van der Waals surface area contributed by atoms with E-state index in [-0.39, 0.29) is 5.56 Å². The zero-order valence-corrected chi connectivity index (χ0v) is 8.63. The minimum absolute atomic E-state index is 0.0564. The summed E-state index contributed by atoms with van der Waals surface area (Å²) in [5.41, 5.74) is 0.891. The minimum atomic E-state index is -2.46. The summed E-state index contributed by atoms with van der Waals surface area (Å²) in [5, 5.41) is 9.73. The van der Waals surface area contributed by atoms with Gasteiger partial charge in [0.15, 0.2) is 0 Å². The Labute approximate surface area is 87.7 Å². The predicted molar refractivity (Wildman–Crippen MR) is 54.0 cm³/mol. The topological polar surface area (TPSA) is 20.2 Å². The lowest BCUT2D eigenvalue weighted by Gasteiger charge is -2.13. The van der Waals surface area contributed by atoms with Crippen molar-refractivity contribution in [1.82, 2.24) is 0 Å². The molecule has 0 amide bonds. The smallest absolute Gasteiger partial charge is 0.264 e. The van der Waals surface area contributed by atoms with Gasteiger partial charge in [0, 0.05) is 12.0 Å². The zero-order valence-electron chi connectivity index (χ0n) is 8.63. The van der Waals surface area contributed by atoms with Crippen molar-refractivity contribution in [2.24, 2.45) is 0 Å². The van der Waals surface area contributed by atoms with Crippen molar-refractivity contribution in [3.05, 3.63) is 34.9 Å². The van der Waals surface area contributed by atoms with E-state index < -0.39 is 12.0 Å². The predicted octanol–water partition coefficient (Wildman–Crippen LogP) is 3.00. The molecular weight excluding hydrogens is 198 g/mol. The Hall–Kier alpha value is -0.960. The van der Waals surface area contributed by atoms with Gasteiger partial charge in [0.25, 0.3) is 6.43 Å². The van der Waals surface area contributed by atoms with Crippen molar-refractivity contribution in [3.8, 4) is 0 Å². The molecule has 0 spiro atoms. The largest absolute Gasteiger partial charge is 0.390 e. The van der Waals surface area contributed by atoms with Crippen molar-refractivity contribution in [2.45, 2.75) is 38.2 Å². The number of hydrogen-bond donors (Lipinski definition) is 1. The molecule has 1 aliphatic rings. The molecule has 0 saturated heterocycles. The highest BCUT2D eigenvalue weighted by atomic mass is 19.3. The standard InChI is InChI=1S/C12H14F2O/c1-8-2-3-10(11(13)14)9(6-8)7-12(15)4-5-12/h2-3,6,11,15H,4-5,7H2,1H3. The van der Waals surface area contributed by atoms with Gasteiger partial charge in [-0.15, -0.1) is 0 Å². The third-order valence-electron chi connectivity index (χ3n) is 2.88. The number of benzene rings is 1. The fraction of sp³-hybridized carbons (Fsp3) is 0.500. The van der Waals surface area contributed by atoms with E-state index in [2.05, 4.69) is 0 Å². The fourth-order valence-corrected chi connectivity index (χ4v) is 1.78. The number of aryl methyl sites for hydroxylation is 1. The molecule has 3 heteroatoms. The van der Waals surface area contributed by atoms with Crippen LogP contribution in [0.5, 0.6) is 0 Å². The molecule has 1 aliphatic carbocycles. The van der Waals surface area contributed by atoms with E-state index in [9.17, 15) is 13.9 Å². The van der Waals surface area contributed by atoms with Gasteiger partial charge in [0.2, 0.25) is 0 Å². The van der Waals surface area contributed by atoms with E-state index in [1.165, 1.54) is 6.07 Å². The van der Waals surface area contributed by atoms with Crippen molar-refractivity contribution < 1.29 is 13.9 Å². The first-order valence-electron chi connectivity index (χ1n) is 5.10. The van der Waals surface area contributed by atoms with Gasteiger partial charge in [-0.25, -0.2) is 8.78 Å². The fourth-order valence-electron chi connectivity index (χ4n) is 1.78. The van der Waals surface area contributed by atoms with Crippen LogP contribution in [0.2, 0.25) is 0 Å². The molecule has 2 rings (SSSR count). The van der Waals surface area contributed by atoms with E-state index >= 15 is 0 Å². The molecule has 1 aromatic rings. The van der Waals surface area contributed by atoms with E-state index in [1.54, 1.807) is 12.1 Å². The summed E-state index contributed by atoms with van der Waals surface area (Å²) in [4.78, 5) is 0. The Morgan fingerprint density at radius 1 is 1.40 bits per heavy atom. The molecule has 1 saturated carbocycles. The Bertz CT molecular complexity index is 370. The van der Waals surface area contributed by atoms with Gasteiger partial charge in [-0.3, -0.25) is 0 Å². The molecule has 82 valence electrons. The average Bonchev–Trinajstić information content (AvgIpc) is 2.82. The van der Waals surface area contributed by atoms with Crippen LogP contribution >= 0.6 is 0 Å². The van der Waals surface area contributed by atoms with Crippen LogP contribution in [0.25, 0.3) is 0 Å². The molecule has 0 radical (unpaired) electrons. The van der Waals surface area contributed by atoms with Gasteiger partial charge >= 0.3 is 0 Å². The molecule has 0 unspecified atom stereocenters. The van der Waals surface area contributed by atoms with Crippen LogP contribution in [0.4, 0.5) is 8.78 Å². The molecule has 0 heterocycles. The summed E-state index contributed by atoms with van der Waals surface area (Å²) >= 11 is 0. The first kappa shape index (κ1) is 10.6. The average molecular weight is 212 g/mol. The number of halogens is 2. The summed E-state index contributed by atoms with van der Waals surface area (Å²) in [6.07, 6.45) is -0.648. The molecule has 0 atom stereocenters. The first-order valence-corrected chi connectivity index (χ1v) is 5.10. The van der Waals surface area contributed by atoms with E-state index in [4.69, 9.17) is 0 Å². The number of rotatable bonds is 3. The normalized spacial score (nSPS) is 18.2. The van der Waals surface area contributed by atoms with Gasteiger partial charge in [-0.05, 0) is 25.3 Å². The summed E-state index contributed by atoms with van der Waals surface area (Å²) in [6, 6.07) is 4.89. The summed E-state index contributed by atoms with van der Waals surface area (Å²) < 4.78 is 25.3. The highest BCUT2D eigenvalue weighted by Crippen LogP contribution is 2.40. The minimum Gasteiger partial charge on any atom is -0.390 e. The van der Waals surface area contributed by atoms with Crippen LogP contribution in [-0.2, 0) is 6.42 Å². The maximum Gasteiger partial charge on any atom is 0.264 e. The van der Waals surface area contributed by atoms with Crippen LogP contribution in [0.1, 0.15) is 36.0 Å². The Morgan fingerprint density at radius 2 is 2.07 bits per heavy atom. The van der Waals surface area contributed by atoms with Crippen molar-refractivity contribution in [1.29, 1.82) is 0 Å². The summed E-state index contributed by atoms with van der Waals surface area (Å²) in [5.74, 6) is 0. The molecule has 0 aromatic heterocycles. The van der Waals surface area contributed by atoms with E-state index in [0.717, 1.165) is 18.4 Å². The van der Waals surface area contributed by atoms with Crippen molar-refractivity contribution >= 4 is 0 Å². The molecule has 0 aliphatic heterocycles. The van der Waals surface area contributed by atoms with Gasteiger partial charge in [0.05, 0.1) is 5.60 Å². The van der Waals surface area contributed by atoms with Crippen molar-refractivity contribution in [2.75, 3.05) is 0 Å². The highest BCUT2D eigenvalue weighted by molar-refractivity contribution is 5.34. The quantitative estimate of drug-likeness (QED) is 0.816. The van der Waals surface area contributed by atoms with Crippen LogP contribution in [0.3, 0.4) is 0 Å². The maximum absolute atomic E-state index is 12.7. The maximum atomic E-state index is 12.7. The molecule has 1 fully saturated rings. The van der Waals surface area contributed by atoms with Gasteiger partial charge in [-0.2, -0.15) is 0 Å². The first-order chi connectivity index (χ1) is 7.00. The summed E-state index contributed by atoms with van der Waals surface area (Å²) in [7, 11) is 0. The van der Waals surface area contributed by atoms with Gasteiger partial charge in [0.1, 0.15) is 0 Å². The molecule has 1 nitrogen and oxygen atoms in total. The van der Waals surface area contributed by atoms with Crippen molar-refractivity contribution in [3.63, 3.8) is 0 Å². The van der Waals surface area contributed by atoms with Crippen LogP contribution in [0, 0.1) is 6.92 Å². The second-order valence-corrected chi connectivity index (χ2v) is 4.40. The van der Waals surface area contributed by atoms with E-state index in [0.29, 0.717) is 12.0 Å². The molecular formula is C12H14F2O. The lowest BCUT2D eigenvalue weighted by molar-refractivity contribution is 0.138. The van der Waals surface area contributed by atoms with Gasteiger partial charge < -0.3 is 5.11 Å². The SMILES string of the molecule is Cc1ccc(C(F)F)c(CC2(O)CC2)c1. The second-order valence-electron chi connectivity index (χ2n) is 4.40. The number of alkyl halides is 2. The lowest BCUT2D eigenvalue weighted by atomic mass is 9.98. The van der Waals surface area contributed by atoms with Gasteiger partial charge in [-0.1, -0.05) is 23.8 Å². The zero-order chi connectivity index (χ0) is 11.1. The Balaban J connectivity index is 2.29. The highest BCUT2D eigenvalue weighted by Gasteiger charge is 2.40. The van der Waals surface area contributed by atoms with Crippen LogP contribution in [-0.4, -0.2) is 10.7 Å². The molecule has 15 heavy (non-hydrogen) atoms. The third-order valence-corrected chi connectivity index (χ3v) is 2.88. The third kappa shape index (κ3) is 2.34. The molecule has 1 N–H and O–H groups in total. The monoisotopic (exact) mass is 212 g/mol. The van der Waals surface area contributed by atoms with Crippen LogP contribution in [0.15, 0.2) is 18.2 Å². The van der Waals surface area contributed by atoms with Crippen LogP contribution < -0.4 is 0 Å². The Morgan fingerprint density at radius 3 is 2.60 bits per heavy atom. The number of aliphatic hydroxyl groups is 1. The Kier molecular flexibility index (Phi) is 2.51.